The van der Waals surface area contributed by atoms with Crippen molar-refractivity contribution in [3.8, 4) is 0 Å². The summed E-state index contributed by atoms with van der Waals surface area (Å²) in [5.41, 5.74) is 4.49. The number of nitrogens with one attached hydrogen (secondary N) is 1. The Morgan fingerprint density at radius 1 is 1.77 bits per heavy atom. The number of nitrogens with two attached hydrogens (primary N) is 1. The van der Waals surface area contributed by atoms with E-state index in [-0.39, 0.29) is 11.4 Å². The molecule has 0 aliphatic rings. The highest BCUT2D eigenvalue weighted by Gasteiger charge is 2.04. The van der Waals surface area contributed by atoms with E-state index >= 15 is 0 Å². The van der Waals surface area contributed by atoms with Gasteiger partial charge in [0.1, 0.15) is 0 Å². The number of hydrogen-bond acceptors (Lipinski definition) is 3. The van der Waals surface area contributed by atoms with E-state index in [0.29, 0.717) is 6.54 Å². The highest BCUT2D eigenvalue weighted by molar-refractivity contribution is 5.86. The molecule has 0 saturated carbocycles. The molecule has 0 saturated heterocycles. The van der Waals surface area contributed by atoms with Crippen LogP contribution < -0.4 is 16.6 Å². The van der Waals surface area contributed by atoms with E-state index in [1.54, 1.807) is 0 Å². The van der Waals surface area contributed by atoms with E-state index in [2.05, 4.69) is 10.3 Å². The molecule has 0 aliphatic heterocycles. The fraction of sp³-hybridized carbons (Fsp3) is 0.286. The third-order valence-corrected chi connectivity index (χ3v) is 1.50. The van der Waals surface area contributed by atoms with Gasteiger partial charge >= 0.3 is 6.03 Å². The first-order valence-electron chi connectivity index (χ1n) is 3.77. The molecule has 0 atom stereocenters. The Bertz CT molecular complexity index is 371. The molecule has 1 heterocycles. The molecule has 0 spiro atoms. The number of urea groups is 1. The van der Waals surface area contributed by atoms with Crippen LogP contribution in [0.15, 0.2) is 17.2 Å². The smallest absolute Gasteiger partial charge is 0.317 e. The maximum absolute atomic E-state index is 11.4. The van der Waals surface area contributed by atoms with Gasteiger partial charge in [-0.1, -0.05) is 0 Å². The lowest BCUT2D eigenvalue weighted by atomic mass is 10.5. The van der Waals surface area contributed by atoms with E-state index in [0.717, 1.165) is 0 Å². The zero-order chi connectivity index (χ0) is 9.84. The molecule has 6 heteroatoms. The standard InChI is InChI=1S/C7H10N4O2/c1-2-11-4-3-9-5(6(11)12)10-7(8)13/h3-4H,2H2,1H3,(H3,8,9,10,13). The molecule has 0 aromatic carbocycles. The van der Waals surface area contributed by atoms with Gasteiger partial charge in [-0.05, 0) is 6.92 Å². The molecular weight excluding hydrogens is 172 g/mol. The van der Waals surface area contributed by atoms with Crippen molar-refractivity contribution in [1.29, 1.82) is 0 Å². The van der Waals surface area contributed by atoms with Crippen molar-refractivity contribution in [2.45, 2.75) is 13.5 Å². The number of anilines is 1. The summed E-state index contributed by atoms with van der Waals surface area (Å²) in [7, 11) is 0. The van der Waals surface area contributed by atoms with E-state index in [1.807, 2.05) is 6.92 Å². The van der Waals surface area contributed by atoms with Crippen molar-refractivity contribution in [1.82, 2.24) is 9.55 Å². The Balaban J connectivity index is 3.09. The van der Waals surface area contributed by atoms with Gasteiger partial charge in [-0.15, -0.1) is 0 Å². The predicted octanol–water partition coefficient (Wildman–Crippen LogP) is -0.246. The molecule has 3 N–H and O–H groups in total. The zero-order valence-corrected chi connectivity index (χ0v) is 7.15. The van der Waals surface area contributed by atoms with Gasteiger partial charge in [-0.25, -0.2) is 9.78 Å². The summed E-state index contributed by atoms with van der Waals surface area (Å²) in [6.45, 7) is 2.34. The molecule has 70 valence electrons. The quantitative estimate of drug-likeness (QED) is 0.661. The normalized spacial score (nSPS) is 9.62. The van der Waals surface area contributed by atoms with Crippen LogP contribution in [0.25, 0.3) is 0 Å². The van der Waals surface area contributed by atoms with Crippen molar-refractivity contribution in [3.63, 3.8) is 0 Å². The highest BCUT2D eigenvalue weighted by Crippen LogP contribution is 1.91. The monoisotopic (exact) mass is 182 g/mol. The first-order chi connectivity index (χ1) is 6.15. The fourth-order valence-corrected chi connectivity index (χ4v) is 0.899. The van der Waals surface area contributed by atoms with Gasteiger partial charge in [0, 0.05) is 18.9 Å². The molecule has 2 amide bonds. The van der Waals surface area contributed by atoms with Crippen LogP contribution in [-0.4, -0.2) is 15.6 Å². The van der Waals surface area contributed by atoms with Crippen molar-refractivity contribution >= 4 is 11.8 Å². The van der Waals surface area contributed by atoms with Crippen LogP contribution >= 0.6 is 0 Å². The second-order valence-electron chi connectivity index (χ2n) is 2.36. The maximum atomic E-state index is 11.4. The molecule has 0 radical (unpaired) electrons. The van der Waals surface area contributed by atoms with Crippen LogP contribution in [0, 0.1) is 0 Å². The lowest BCUT2D eigenvalue weighted by Gasteiger charge is -2.03. The number of primary amides is 1. The maximum Gasteiger partial charge on any atom is 0.317 e. The Kier molecular flexibility index (Phi) is 2.63. The number of rotatable bonds is 2. The number of aromatic nitrogens is 2. The molecule has 0 aliphatic carbocycles. The summed E-state index contributed by atoms with van der Waals surface area (Å²) >= 11 is 0. The second-order valence-corrected chi connectivity index (χ2v) is 2.36. The van der Waals surface area contributed by atoms with Crippen LogP contribution in [0.2, 0.25) is 0 Å². The van der Waals surface area contributed by atoms with E-state index in [1.165, 1.54) is 17.0 Å². The number of hydrogen-bond donors (Lipinski definition) is 2. The van der Waals surface area contributed by atoms with Gasteiger partial charge in [0.15, 0.2) is 0 Å². The summed E-state index contributed by atoms with van der Waals surface area (Å²) < 4.78 is 1.41. The number of carbonyl (C=O) groups excluding carboxylic acids is 1. The minimum Gasteiger partial charge on any atom is -0.351 e. The fourth-order valence-electron chi connectivity index (χ4n) is 0.899. The summed E-state index contributed by atoms with van der Waals surface area (Å²) in [6, 6.07) is -0.793. The number of amides is 2. The molecule has 1 aromatic heterocycles. The van der Waals surface area contributed by atoms with Crippen molar-refractivity contribution in [3.05, 3.63) is 22.7 Å². The first-order valence-corrected chi connectivity index (χ1v) is 3.77. The minimum absolute atomic E-state index is 0.0446. The Labute approximate surface area is 74.4 Å². The molecular formula is C7H10N4O2. The first kappa shape index (κ1) is 9.24. The Hall–Kier alpha value is -1.85. The summed E-state index contributed by atoms with van der Waals surface area (Å²) in [5.74, 6) is -0.0446. The zero-order valence-electron chi connectivity index (χ0n) is 7.15. The van der Waals surface area contributed by atoms with Crippen LogP contribution in [-0.2, 0) is 6.54 Å². The Morgan fingerprint density at radius 3 is 3.00 bits per heavy atom. The molecule has 0 unspecified atom stereocenters. The van der Waals surface area contributed by atoms with Crippen molar-refractivity contribution < 1.29 is 4.79 Å². The lowest BCUT2D eigenvalue weighted by Crippen LogP contribution is -2.29. The summed E-state index contributed by atoms with van der Waals surface area (Å²) in [6.07, 6.45) is 2.96. The third kappa shape index (κ3) is 2.05. The van der Waals surface area contributed by atoms with Gasteiger partial charge < -0.3 is 10.3 Å². The van der Waals surface area contributed by atoms with Crippen LogP contribution in [0.3, 0.4) is 0 Å². The number of nitrogens with zero attached hydrogens (tertiary/aromatic N) is 2. The van der Waals surface area contributed by atoms with Crippen molar-refractivity contribution in [2.24, 2.45) is 5.73 Å². The molecule has 0 fully saturated rings. The number of aryl methyl sites for hydroxylation is 1. The predicted molar refractivity (Wildman–Crippen MR) is 47.4 cm³/mol. The molecule has 1 aromatic rings. The van der Waals surface area contributed by atoms with Gasteiger partial charge in [0.2, 0.25) is 5.82 Å². The van der Waals surface area contributed by atoms with Gasteiger partial charge in [0.05, 0.1) is 0 Å². The average Bonchev–Trinajstić information content (AvgIpc) is 2.08. The van der Waals surface area contributed by atoms with E-state index < -0.39 is 6.03 Å². The second kappa shape index (κ2) is 3.70. The molecule has 1 rings (SSSR count). The van der Waals surface area contributed by atoms with Gasteiger partial charge in [-0.2, -0.15) is 0 Å². The third-order valence-electron chi connectivity index (χ3n) is 1.50. The van der Waals surface area contributed by atoms with Gasteiger partial charge in [0.25, 0.3) is 5.56 Å². The van der Waals surface area contributed by atoms with Crippen LogP contribution in [0.4, 0.5) is 10.6 Å². The molecule has 6 nitrogen and oxygen atoms in total. The topological polar surface area (TPSA) is 90.0 Å². The van der Waals surface area contributed by atoms with Gasteiger partial charge in [-0.3, -0.25) is 10.1 Å². The summed E-state index contributed by atoms with van der Waals surface area (Å²) in [5, 5.41) is 2.14. The number of carbonyl (C=O) groups is 1. The Morgan fingerprint density at radius 2 is 2.46 bits per heavy atom. The SMILES string of the molecule is CCn1ccnc(NC(N)=O)c1=O. The largest absolute Gasteiger partial charge is 0.351 e. The summed E-state index contributed by atoms with van der Waals surface area (Å²) in [4.78, 5) is 25.5. The molecule has 0 bridgehead atoms. The average molecular weight is 182 g/mol. The van der Waals surface area contributed by atoms with Crippen molar-refractivity contribution in [2.75, 3.05) is 5.32 Å². The lowest BCUT2D eigenvalue weighted by molar-refractivity contribution is 0.259. The van der Waals surface area contributed by atoms with E-state index in [9.17, 15) is 9.59 Å². The molecule has 13 heavy (non-hydrogen) atoms. The van der Waals surface area contributed by atoms with Crippen LogP contribution in [0.1, 0.15) is 6.92 Å². The van der Waals surface area contributed by atoms with Crippen LogP contribution in [0.5, 0.6) is 0 Å². The van der Waals surface area contributed by atoms with E-state index in [4.69, 9.17) is 5.73 Å². The minimum atomic E-state index is -0.793. The highest BCUT2D eigenvalue weighted by atomic mass is 16.2.